The van der Waals surface area contributed by atoms with Gasteiger partial charge in [0.25, 0.3) is 0 Å². The number of benzene rings is 1. The molecule has 5 heteroatoms. The number of anilines is 1. The first-order valence-electron chi connectivity index (χ1n) is 4.81. The van der Waals surface area contributed by atoms with E-state index in [-0.39, 0.29) is 36.5 Å². The van der Waals surface area contributed by atoms with Crippen LogP contribution in [0.2, 0.25) is 0 Å². The number of carbonyl (C=O) groups is 1. The Morgan fingerprint density at radius 2 is 2.19 bits per heavy atom. The van der Waals surface area contributed by atoms with Crippen LogP contribution in [0.15, 0.2) is 18.2 Å². The smallest absolute Gasteiger partial charge is 0.228 e. The zero-order valence-corrected chi connectivity index (χ0v) is 10.1. The van der Waals surface area contributed by atoms with Crippen molar-refractivity contribution in [1.29, 1.82) is 0 Å². The number of carbonyl (C=O) groups excluding carboxylic acids is 1. The highest BCUT2D eigenvalue weighted by Crippen LogP contribution is 2.16. The minimum Gasteiger partial charge on any atom is -0.330 e. The Morgan fingerprint density at radius 3 is 2.75 bits per heavy atom. The van der Waals surface area contributed by atoms with Gasteiger partial charge in [-0.2, -0.15) is 0 Å². The lowest BCUT2D eigenvalue weighted by Crippen LogP contribution is -2.27. The quantitative estimate of drug-likeness (QED) is 0.858. The third-order valence-electron chi connectivity index (χ3n) is 2.18. The standard InChI is InChI=1S/C11H15FN2O.ClH/c1-7-3-4-9(12)10(5-7)14-11(15)8(2)6-13;/h3-5,8H,6,13H2,1-2H3,(H,14,15);1H. The van der Waals surface area contributed by atoms with Gasteiger partial charge in [0, 0.05) is 12.5 Å². The lowest BCUT2D eigenvalue weighted by Gasteiger charge is -2.10. The summed E-state index contributed by atoms with van der Waals surface area (Å²) in [6.45, 7) is 3.78. The zero-order chi connectivity index (χ0) is 11.4. The molecule has 1 rings (SSSR count). The highest BCUT2D eigenvalue weighted by molar-refractivity contribution is 5.92. The fourth-order valence-corrected chi connectivity index (χ4v) is 1.10. The average molecular weight is 247 g/mol. The first-order valence-corrected chi connectivity index (χ1v) is 4.81. The van der Waals surface area contributed by atoms with Gasteiger partial charge < -0.3 is 11.1 Å². The van der Waals surface area contributed by atoms with Gasteiger partial charge >= 0.3 is 0 Å². The molecule has 0 saturated carbocycles. The lowest BCUT2D eigenvalue weighted by molar-refractivity contribution is -0.119. The van der Waals surface area contributed by atoms with Gasteiger partial charge in [-0.3, -0.25) is 4.79 Å². The summed E-state index contributed by atoms with van der Waals surface area (Å²) in [6.07, 6.45) is 0. The molecule has 1 atom stereocenters. The molecule has 0 spiro atoms. The predicted octanol–water partition coefficient (Wildman–Crippen LogP) is 2.09. The molecule has 3 nitrogen and oxygen atoms in total. The number of hydrogen-bond acceptors (Lipinski definition) is 2. The van der Waals surface area contributed by atoms with Crippen molar-refractivity contribution in [1.82, 2.24) is 0 Å². The second-order valence-electron chi connectivity index (χ2n) is 3.61. The van der Waals surface area contributed by atoms with Crippen molar-refractivity contribution in [2.24, 2.45) is 11.7 Å². The first-order chi connectivity index (χ1) is 7.04. The Morgan fingerprint density at radius 1 is 1.56 bits per heavy atom. The summed E-state index contributed by atoms with van der Waals surface area (Å²) >= 11 is 0. The Balaban J connectivity index is 0.00000225. The normalized spacial score (nSPS) is 11.5. The zero-order valence-electron chi connectivity index (χ0n) is 9.29. The number of aryl methyl sites for hydroxylation is 1. The molecule has 1 aromatic rings. The molecule has 0 aliphatic heterocycles. The van der Waals surface area contributed by atoms with Crippen molar-refractivity contribution in [3.63, 3.8) is 0 Å². The van der Waals surface area contributed by atoms with Crippen LogP contribution in [-0.2, 0) is 4.79 Å². The van der Waals surface area contributed by atoms with E-state index in [0.717, 1.165) is 5.56 Å². The Kier molecular flexibility index (Phi) is 6.00. The molecule has 0 aliphatic carbocycles. The molecular formula is C11H16ClFN2O. The summed E-state index contributed by atoms with van der Waals surface area (Å²) in [5.41, 5.74) is 6.44. The molecule has 0 heterocycles. The molecule has 0 aliphatic rings. The Bertz CT molecular complexity index is 371. The van der Waals surface area contributed by atoms with Crippen LogP contribution in [0.25, 0.3) is 0 Å². The van der Waals surface area contributed by atoms with Crippen molar-refractivity contribution >= 4 is 24.0 Å². The van der Waals surface area contributed by atoms with E-state index in [4.69, 9.17) is 5.73 Å². The largest absolute Gasteiger partial charge is 0.330 e. The van der Waals surface area contributed by atoms with Crippen molar-refractivity contribution < 1.29 is 9.18 Å². The predicted molar refractivity (Wildman–Crippen MR) is 65.2 cm³/mol. The van der Waals surface area contributed by atoms with E-state index in [1.807, 2.05) is 6.92 Å². The molecule has 3 N–H and O–H groups in total. The molecule has 1 amide bonds. The van der Waals surface area contributed by atoms with E-state index in [1.165, 1.54) is 6.07 Å². The minimum atomic E-state index is -0.432. The van der Waals surface area contributed by atoms with E-state index in [9.17, 15) is 9.18 Å². The number of hydrogen-bond donors (Lipinski definition) is 2. The average Bonchev–Trinajstić information content (AvgIpc) is 2.22. The maximum atomic E-state index is 13.3. The summed E-state index contributed by atoms with van der Waals surface area (Å²) in [5.74, 6) is -1.01. The summed E-state index contributed by atoms with van der Waals surface area (Å²) in [7, 11) is 0. The number of amides is 1. The SMILES string of the molecule is Cc1ccc(F)c(NC(=O)C(C)CN)c1.Cl. The van der Waals surface area contributed by atoms with Gasteiger partial charge in [-0.1, -0.05) is 13.0 Å². The van der Waals surface area contributed by atoms with Crippen LogP contribution >= 0.6 is 12.4 Å². The maximum absolute atomic E-state index is 13.3. The molecule has 0 aromatic heterocycles. The van der Waals surface area contributed by atoms with Crippen LogP contribution in [0, 0.1) is 18.7 Å². The highest BCUT2D eigenvalue weighted by atomic mass is 35.5. The van der Waals surface area contributed by atoms with E-state index in [0.29, 0.717) is 0 Å². The van der Waals surface area contributed by atoms with Crippen LogP contribution in [0.1, 0.15) is 12.5 Å². The molecule has 1 unspecified atom stereocenters. The molecule has 90 valence electrons. The Hall–Kier alpha value is -1.13. The van der Waals surface area contributed by atoms with Gasteiger partial charge in [-0.15, -0.1) is 12.4 Å². The number of rotatable bonds is 3. The third-order valence-corrected chi connectivity index (χ3v) is 2.18. The van der Waals surface area contributed by atoms with Gasteiger partial charge in [0.1, 0.15) is 5.82 Å². The van der Waals surface area contributed by atoms with Crippen LogP contribution in [0.5, 0.6) is 0 Å². The van der Waals surface area contributed by atoms with Crippen LogP contribution in [-0.4, -0.2) is 12.5 Å². The fourth-order valence-electron chi connectivity index (χ4n) is 1.10. The Labute approximate surface area is 101 Å². The second-order valence-corrected chi connectivity index (χ2v) is 3.61. The van der Waals surface area contributed by atoms with Crippen LogP contribution in [0.3, 0.4) is 0 Å². The monoisotopic (exact) mass is 246 g/mol. The van der Waals surface area contributed by atoms with Crippen LogP contribution in [0.4, 0.5) is 10.1 Å². The van der Waals surface area contributed by atoms with Crippen molar-refractivity contribution in [3.05, 3.63) is 29.6 Å². The van der Waals surface area contributed by atoms with Crippen molar-refractivity contribution in [2.45, 2.75) is 13.8 Å². The number of nitrogens with two attached hydrogens (primary N) is 1. The van der Waals surface area contributed by atoms with Gasteiger partial charge in [-0.25, -0.2) is 4.39 Å². The molecule has 16 heavy (non-hydrogen) atoms. The lowest BCUT2D eigenvalue weighted by atomic mass is 10.1. The van der Waals surface area contributed by atoms with Gasteiger partial charge in [0.05, 0.1) is 5.69 Å². The summed E-state index contributed by atoms with van der Waals surface area (Å²) < 4.78 is 13.3. The summed E-state index contributed by atoms with van der Waals surface area (Å²) in [4.78, 5) is 11.4. The summed E-state index contributed by atoms with van der Waals surface area (Å²) in [5, 5.41) is 2.51. The molecule has 1 aromatic carbocycles. The fraction of sp³-hybridized carbons (Fsp3) is 0.364. The number of nitrogens with one attached hydrogen (secondary N) is 1. The van der Waals surface area contributed by atoms with Crippen molar-refractivity contribution in [3.8, 4) is 0 Å². The summed E-state index contributed by atoms with van der Waals surface area (Å²) in [6, 6.07) is 4.58. The molecule has 0 bridgehead atoms. The first kappa shape index (κ1) is 14.9. The maximum Gasteiger partial charge on any atom is 0.228 e. The van der Waals surface area contributed by atoms with E-state index < -0.39 is 5.82 Å². The topological polar surface area (TPSA) is 55.1 Å². The molecular weight excluding hydrogens is 231 g/mol. The number of halogens is 2. The van der Waals surface area contributed by atoms with E-state index >= 15 is 0 Å². The van der Waals surface area contributed by atoms with E-state index in [2.05, 4.69) is 5.32 Å². The third kappa shape index (κ3) is 3.79. The van der Waals surface area contributed by atoms with Gasteiger partial charge in [-0.05, 0) is 24.6 Å². The highest BCUT2D eigenvalue weighted by Gasteiger charge is 2.12. The van der Waals surface area contributed by atoms with Gasteiger partial charge in [0.2, 0.25) is 5.91 Å². The van der Waals surface area contributed by atoms with Gasteiger partial charge in [0.15, 0.2) is 0 Å². The second kappa shape index (κ2) is 6.45. The minimum absolute atomic E-state index is 0. The molecule has 0 saturated heterocycles. The molecule has 0 radical (unpaired) electrons. The van der Waals surface area contributed by atoms with Crippen molar-refractivity contribution in [2.75, 3.05) is 11.9 Å². The van der Waals surface area contributed by atoms with E-state index in [1.54, 1.807) is 19.1 Å². The molecule has 0 fully saturated rings. The van der Waals surface area contributed by atoms with Crippen LogP contribution < -0.4 is 11.1 Å².